The van der Waals surface area contributed by atoms with Gasteiger partial charge in [0.2, 0.25) is 0 Å². The van der Waals surface area contributed by atoms with E-state index < -0.39 is 0 Å². The lowest BCUT2D eigenvalue weighted by Crippen LogP contribution is -2.04. The molecule has 0 amide bonds. The van der Waals surface area contributed by atoms with Gasteiger partial charge in [0.25, 0.3) is 0 Å². The first kappa shape index (κ1) is 16.7. The van der Waals surface area contributed by atoms with Crippen LogP contribution in [0.25, 0.3) is 0 Å². The van der Waals surface area contributed by atoms with Gasteiger partial charge in [-0.3, -0.25) is 0 Å². The highest BCUT2D eigenvalue weighted by Gasteiger charge is 2.17. The van der Waals surface area contributed by atoms with Crippen molar-refractivity contribution in [2.24, 2.45) is 0 Å². The lowest BCUT2D eigenvalue weighted by Gasteiger charge is -2.20. The Morgan fingerprint density at radius 3 is 1.95 bits per heavy atom. The normalized spacial score (nSPS) is 12.5. The van der Waals surface area contributed by atoms with E-state index in [-0.39, 0.29) is 5.38 Å². The van der Waals surface area contributed by atoms with Crippen LogP contribution in [0.15, 0.2) is 24.3 Å². The van der Waals surface area contributed by atoms with Crippen molar-refractivity contribution in [1.29, 1.82) is 0 Å². The van der Waals surface area contributed by atoms with Crippen LogP contribution in [0, 0.1) is 27.7 Å². The predicted molar refractivity (Wildman–Crippen MR) is 94.2 cm³/mol. The third kappa shape index (κ3) is 3.56. The summed E-state index contributed by atoms with van der Waals surface area (Å²) in [7, 11) is 0. The molecule has 0 aliphatic rings. The smallest absolute Gasteiger partial charge is 0.0630 e. The second-order valence-electron chi connectivity index (χ2n) is 5.59. The van der Waals surface area contributed by atoms with Crippen molar-refractivity contribution in [3.05, 3.63) is 67.7 Å². The van der Waals surface area contributed by atoms with Crippen LogP contribution in [0.3, 0.4) is 0 Å². The first-order valence-electron chi connectivity index (χ1n) is 6.96. The molecule has 2 aromatic carbocycles. The Bertz CT molecular complexity index is 648. The molecular weight excluding hydrogens is 323 g/mol. The summed E-state index contributed by atoms with van der Waals surface area (Å²) >= 11 is 18.8. The summed E-state index contributed by atoms with van der Waals surface area (Å²) in [5.74, 6) is 0. The fourth-order valence-electron chi connectivity index (χ4n) is 2.69. The van der Waals surface area contributed by atoms with Crippen LogP contribution in [0.1, 0.15) is 38.8 Å². The first-order chi connectivity index (χ1) is 9.81. The molecule has 0 spiro atoms. The number of aryl methyl sites for hydroxylation is 2. The van der Waals surface area contributed by atoms with Crippen LogP contribution < -0.4 is 0 Å². The summed E-state index contributed by atoms with van der Waals surface area (Å²) in [5, 5.41) is 1.08. The van der Waals surface area contributed by atoms with Gasteiger partial charge in [-0.2, -0.15) is 0 Å². The summed E-state index contributed by atoms with van der Waals surface area (Å²) in [5.41, 5.74) is 7.46. The van der Waals surface area contributed by atoms with E-state index in [0.717, 1.165) is 12.0 Å². The van der Waals surface area contributed by atoms with Crippen molar-refractivity contribution in [3.8, 4) is 0 Å². The van der Waals surface area contributed by atoms with Gasteiger partial charge in [0.15, 0.2) is 0 Å². The molecule has 0 bridgehead atoms. The number of alkyl halides is 1. The number of rotatable bonds is 3. The maximum Gasteiger partial charge on any atom is 0.0630 e. The molecule has 0 heterocycles. The van der Waals surface area contributed by atoms with Gasteiger partial charge in [-0.1, -0.05) is 35.3 Å². The molecule has 112 valence electrons. The second kappa shape index (κ2) is 6.60. The van der Waals surface area contributed by atoms with E-state index in [2.05, 4.69) is 33.8 Å². The second-order valence-corrected chi connectivity index (χ2v) is 6.94. The summed E-state index contributed by atoms with van der Waals surface area (Å²) in [6.45, 7) is 8.55. The molecule has 1 unspecified atom stereocenters. The van der Waals surface area contributed by atoms with Crippen LogP contribution in [0.2, 0.25) is 10.0 Å². The van der Waals surface area contributed by atoms with Crippen molar-refractivity contribution in [2.45, 2.75) is 39.5 Å². The molecule has 21 heavy (non-hydrogen) atoms. The lowest BCUT2D eigenvalue weighted by molar-refractivity contribution is 0.892. The Morgan fingerprint density at radius 2 is 1.43 bits per heavy atom. The number of benzene rings is 2. The summed E-state index contributed by atoms with van der Waals surface area (Å²) in [6, 6.07) is 7.92. The maximum absolute atomic E-state index is 6.71. The zero-order valence-corrected chi connectivity index (χ0v) is 15.0. The van der Waals surface area contributed by atoms with Crippen molar-refractivity contribution in [1.82, 2.24) is 0 Å². The summed E-state index contributed by atoms with van der Waals surface area (Å²) in [6.07, 6.45) is 0.739. The molecule has 0 radical (unpaired) electrons. The Hall–Kier alpha value is -0.690. The molecule has 0 aromatic heterocycles. The minimum Gasteiger partial charge on any atom is -0.117 e. The SMILES string of the molecule is Cc1cc(C)c(C)c(C(Cl)Cc2ccc(Cl)c(Cl)c2)c1C. The predicted octanol–water partition coefficient (Wildman–Crippen LogP) is 6.75. The van der Waals surface area contributed by atoms with E-state index in [1.54, 1.807) is 0 Å². The quantitative estimate of drug-likeness (QED) is 0.542. The lowest BCUT2D eigenvalue weighted by atomic mass is 9.90. The molecule has 0 aliphatic carbocycles. The van der Waals surface area contributed by atoms with Gasteiger partial charge in [0, 0.05) is 0 Å². The average molecular weight is 342 g/mol. The molecule has 0 saturated carbocycles. The van der Waals surface area contributed by atoms with Gasteiger partial charge >= 0.3 is 0 Å². The van der Waals surface area contributed by atoms with E-state index in [1.807, 2.05) is 18.2 Å². The average Bonchev–Trinajstić information content (AvgIpc) is 2.41. The van der Waals surface area contributed by atoms with Gasteiger partial charge in [-0.05, 0) is 79.6 Å². The van der Waals surface area contributed by atoms with Gasteiger partial charge in [-0.15, -0.1) is 11.6 Å². The van der Waals surface area contributed by atoms with E-state index in [0.29, 0.717) is 10.0 Å². The van der Waals surface area contributed by atoms with Crippen LogP contribution in [0.4, 0.5) is 0 Å². The van der Waals surface area contributed by atoms with E-state index in [1.165, 1.54) is 27.8 Å². The Morgan fingerprint density at radius 1 is 0.857 bits per heavy atom. The van der Waals surface area contributed by atoms with Crippen LogP contribution in [-0.4, -0.2) is 0 Å². The number of hydrogen-bond acceptors (Lipinski definition) is 0. The summed E-state index contributed by atoms with van der Waals surface area (Å²) < 4.78 is 0. The first-order valence-corrected chi connectivity index (χ1v) is 8.15. The molecule has 0 nitrogen and oxygen atoms in total. The monoisotopic (exact) mass is 340 g/mol. The Kier molecular flexibility index (Phi) is 5.24. The summed E-state index contributed by atoms with van der Waals surface area (Å²) in [4.78, 5) is 0. The minimum absolute atomic E-state index is 0.0687. The van der Waals surface area contributed by atoms with Crippen LogP contribution >= 0.6 is 34.8 Å². The third-order valence-electron chi connectivity index (χ3n) is 4.14. The highest BCUT2D eigenvalue weighted by Crippen LogP contribution is 2.34. The van der Waals surface area contributed by atoms with Gasteiger partial charge in [0.05, 0.1) is 15.4 Å². The minimum atomic E-state index is -0.0687. The molecule has 0 fully saturated rings. The molecule has 2 rings (SSSR count). The molecule has 0 saturated heterocycles. The molecule has 2 aromatic rings. The van der Waals surface area contributed by atoms with E-state index >= 15 is 0 Å². The van der Waals surface area contributed by atoms with Crippen molar-refractivity contribution >= 4 is 34.8 Å². The highest BCUT2D eigenvalue weighted by atomic mass is 35.5. The van der Waals surface area contributed by atoms with Crippen molar-refractivity contribution in [2.75, 3.05) is 0 Å². The number of halogens is 3. The van der Waals surface area contributed by atoms with Gasteiger partial charge in [-0.25, -0.2) is 0 Å². The molecular formula is C18H19Cl3. The van der Waals surface area contributed by atoms with Crippen LogP contribution in [-0.2, 0) is 6.42 Å². The molecule has 3 heteroatoms. The maximum atomic E-state index is 6.71. The Labute approximate surface area is 142 Å². The van der Waals surface area contributed by atoms with E-state index in [9.17, 15) is 0 Å². The number of hydrogen-bond donors (Lipinski definition) is 0. The molecule has 0 aliphatic heterocycles. The molecule has 1 atom stereocenters. The Balaban J connectivity index is 2.36. The van der Waals surface area contributed by atoms with Gasteiger partial charge < -0.3 is 0 Å². The zero-order valence-electron chi connectivity index (χ0n) is 12.7. The topological polar surface area (TPSA) is 0 Å². The fraction of sp³-hybridized carbons (Fsp3) is 0.333. The largest absolute Gasteiger partial charge is 0.117 e. The van der Waals surface area contributed by atoms with Crippen LogP contribution in [0.5, 0.6) is 0 Å². The van der Waals surface area contributed by atoms with Crippen molar-refractivity contribution in [3.63, 3.8) is 0 Å². The standard InChI is InChI=1S/C18H19Cl3/c1-10-7-11(2)13(4)18(12(10)3)17(21)9-14-5-6-15(19)16(20)8-14/h5-8,17H,9H2,1-4H3. The zero-order chi connectivity index (χ0) is 15.7. The molecule has 0 N–H and O–H groups in total. The van der Waals surface area contributed by atoms with E-state index in [4.69, 9.17) is 34.8 Å². The fourth-order valence-corrected chi connectivity index (χ4v) is 3.52. The third-order valence-corrected chi connectivity index (χ3v) is 5.25. The highest BCUT2D eigenvalue weighted by molar-refractivity contribution is 6.42. The van der Waals surface area contributed by atoms with Crippen molar-refractivity contribution < 1.29 is 0 Å². The van der Waals surface area contributed by atoms with Gasteiger partial charge in [0.1, 0.15) is 0 Å².